The number of oxazole rings is 2. The standard InChI is InChI=1S/C70H58B2N6O4/c1-5-47(3)45-79-55-35-23-25-49(41-55)65-63-64(68(58(44-74)70-76-60-38-20-22-40-62(60)82-70)77(65)71(51-27-11-7-12-28-51)52-29-13-8-14-30-52)66(50-26-24-36-56(42-50)80-46-48(4)6-2)78(72(53-31-15-9-16-32-53)54-33-17-10-18-34-54)67(63)57(43-73)69-75-59-37-19-21-39-61(59)81-69/h7-42,47-48H,5-6,45-46H2,1-4H3/b67-57-,68-58-. The predicted molar refractivity (Wildman–Crippen MR) is 331 cm³/mol. The van der Waals surface area contributed by atoms with Crippen molar-refractivity contribution in [3.63, 3.8) is 0 Å². The van der Waals surface area contributed by atoms with Gasteiger partial charge in [0.05, 0.1) is 23.9 Å². The Bertz CT molecular complexity index is 4030. The van der Waals surface area contributed by atoms with Gasteiger partial charge in [-0.2, -0.15) is 10.5 Å². The maximum atomic E-state index is 12.3. The summed E-state index contributed by atoms with van der Waals surface area (Å²) in [7, 11) is 0. The summed E-state index contributed by atoms with van der Waals surface area (Å²) in [4.78, 5) is 10.3. The Labute approximate surface area is 477 Å². The van der Waals surface area contributed by atoms with Gasteiger partial charge < -0.3 is 27.3 Å². The van der Waals surface area contributed by atoms with E-state index >= 15 is 0 Å². The Morgan fingerprint density at radius 3 is 1.13 bits per heavy atom. The summed E-state index contributed by atoms with van der Waals surface area (Å²) in [6.07, 6.45) is 1.89. The molecule has 0 radical (unpaired) electrons. The first-order valence-electron chi connectivity index (χ1n) is 28.1. The molecule has 2 unspecified atom stereocenters. The van der Waals surface area contributed by atoms with Gasteiger partial charge in [0, 0.05) is 33.3 Å². The van der Waals surface area contributed by atoms with Crippen molar-refractivity contribution in [1.82, 2.24) is 18.9 Å². The molecule has 0 saturated heterocycles. The summed E-state index contributed by atoms with van der Waals surface area (Å²) in [5.74, 6) is 2.20. The second-order valence-corrected chi connectivity index (χ2v) is 21.0. The predicted octanol–water partition coefficient (Wildman–Crippen LogP) is 11.7. The lowest BCUT2D eigenvalue weighted by Gasteiger charge is -2.24. The highest BCUT2D eigenvalue weighted by atomic mass is 16.5. The molecule has 0 aliphatic rings. The molecular weight excluding hydrogens is 1010 g/mol. The Morgan fingerprint density at radius 2 is 0.805 bits per heavy atom. The molecule has 8 aromatic carbocycles. The van der Waals surface area contributed by atoms with E-state index < -0.39 is 13.7 Å². The number of nitriles is 2. The van der Waals surface area contributed by atoms with E-state index in [1.54, 1.807) is 0 Å². The molecular formula is C70H58B2N6O4. The number of hydrogen-bond acceptors (Lipinski definition) is 8. The number of rotatable bonds is 18. The van der Waals surface area contributed by atoms with Crippen molar-refractivity contribution in [3.05, 3.63) is 241 Å². The normalized spacial score (nSPS) is 12.9. The maximum absolute atomic E-state index is 12.3. The van der Waals surface area contributed by atoms with Crippen LogP contribution in [0.15, 0.2) is 227 Å². The maximum Gasteiger partial charge on any atom is 0.328 e. The Morgan fingerprint density at radius 1 is 0.463 bits per heavy atom. The molecule has 0 saturated carbocycles. The minimum atomic E-state index is -0.606. The van der Waals surface area contributed by atoms with Gasteiger partial charge in [0.1, 0.15) is 45.8 Å². The first kappa shape index (κ1) is 52.7. The van der Waals surface area contributed by atoms with Crippen LogP contribution in [0.25, 0.3) is 66.6 Å². The lowest BCUT2D eigenvalue weighted by Crippen LogP contribution is -2.54. The number of fused-ring (bicyclic) bond motifs is 3. The van der Waals surface area contributed by atoms with Gasteiger partial charge in [-0.3, -0.25) is 0 Å². The molecule has 398 valence electrons. The zero-order chi connectivity index (χ0) is 56.1. The van der Waals surface area contributed by atoms with Gasteiger partial charge in [-0.25, -0.2) is 9.97 Å². The Balaban J connectivity index is 1.42. The van der Waals surface area contributed by atoms with E-state index in [9.17, 15) is 10.5 Å². The molecule has 2 atom stereocenters. The molecule has 4 heterocycles. The van der Waals surface area contributed by atoms with Crippen LogP contribution < -0.4 is 42.0 Å². The second-order valence-electron chi connectivity index (χ2n) is 21.0. The van der Waals surface area contributed by atoms with Crippen LogP contribution in [0.4, 0.5) is 0 Å². The molecule has 0 aliphatic heterocycles. The number of benzene rings is 8. The minimum Gasteiger partial charge on any atom is -0.493 e. The molecule has 82 heavy (non-hydrogen) atoms. The molecule has 0 amide bonds. The van der Waals surface area contributed by atoms with E-state index in [1.165, 1.54) is 0 Å². The molecule has 0 aliphatic carbocycles. The molecule has 0 N–H and O–H groups in total. The molecule has 12 heteroatoms. The summed E-state index contributed by atoms with van der Waals surface area (Å²) in [6, 6.07) is 78.3. The molecule has 12 aromatic rings. The van der Waals surface area contributed by atoms with Crippen molar-refractivity contribution < 1.29 is 18.3 Å². The second kappa shape index (κ2) is 23.4. The third kappa shape index (κ3) is 10.1. The first-order chi connectivity index (χ1) is 40.3. The van der Waals surface area contributed by atoms with E-state index in [2.05, 4.69) is 122 Å². The average molecular weight is 1070 g/mol. The fraction of sp³-hybridized carbons (Fsp3) is 0.143. The summed E-state index contributed by atoms with van der Waals surface area (Å²) in [6.45, 7) is 8.49. The summed E-state index contributed by atoms with van der Waals surface area (Å²) in [5.41, 5.74) is 9.33. The number of aromatic nitrogens is 4. The largest absolute Gasteiger partial charge is 0.493 e. The SMILES string of the molecule is CCC(C)COc1cccc(-c2c3/c(=C(\C#N)c4nc5ccccc5o4)n(B(c4ccccc4)c4ccccc4)c(-c4cccc(OCC(C)CC)c4)c3/c(=C(\C#N)c3nc4ccccc4o3)n2B(c2ccccc2)c2ccccc2)c1. The molecule has 0 bridgehead atoms. The third-order valence-corrected chi connectivity index (χ3v) is 15.5. The van der Waals surface area contributed by atoms with Gasteiger partial charge in [0.15, 0.2) is 11.2 Å². The number of ether oxygens (including phenoxy) is 2. The van der Waals surface area contributed by atoms with Gasteiger partial charge in [0.2, 0.25) is 11.8 Å². The number of hydrogen-bond donors (Lipinski definition) is 0. The monoisotopic (exact) mass is 1070 g/mol. The zero-order valence-electron chi connectivity index (χ0n) is 46.2. The fourth-order valence-electron chi connectivity index (χ4n) is 11.0. The van der Waals surface area contributed by atoms with Crippen LogP contribution in [0.1, 0.15) is 52.3 Å². The highest BCUT2D eigenvalue weighted by molar-refractivity contribution is 6.85. The van der Waals surface area contributed by atoms with Gasteiger partial charge >= 0.3 is 13.7 Å². The van der Waals surface area contributed by atoms with Crippen LogP contribution in [0.2, 0.25) is 0 Å². The van der Waals surface area contributed by atoms with Crippen molar-refractivity contribution in [2.45, 2.75) is 40.5 Å². The molecule has 0 fully saturated rings. The summed E-state index contributed by atoms with van der Waals surface area (Å²) >= 11 is 0. The van der Waals surface area contributed by atoms with E-state index in [1.807, 2.05) is 146 Å². The quantitative estimate of drug-likeness (QED) is 0.0777. The Kier molecular flexibility index (Phi) is 15.0. The van der Waals surface area contributed by atoms with Gasteiger partial charge in [0.25, 0.3) is 0 Å². The van der Waals surface area contributed by atoms with Gasteiger partial charge in [-0.1, -0.05) is 232 Å². The highest BCUT2D eigenvalue weighted by Gasteiger charge is 2.38. The van der Waals surface area contributed by atoms with Crippen LogP contribution in [0, 0.1) is 34.5 Å². The van der Waals surface area contributed by atoms with Crippen molar-refractivity contribution in [3.8, 4) is 46.2 Å². The molecule has 0 spiro atoms. The topological polar surface area (TPSA) is 128 Å². The smallest absolute Gasteiger partial charge is 0.328 e. The van der Waals surface area contributed by atoms with E-state index in [4.69, 9.17) is 28.3 Å². The first-order valence-corrected chi connectivity index (χ1v) is 28.1. The van der Waals surface area contributed by atoms with E-state index in [0.29, 0.717) is 91.6 Å². The van der Waals surface area contributed by atoms with Gasteiger partial charge in [-0.05, 0) is 60.4 Å². The van der Waals surface area contributed by atoms with Crippen LogP contribution in [-0.4, -0.2) is 45.8 Å². The molecule has 10 nitrogen and oxygen atoms in total. The summed E-state index contributed by atoms with van der Waals surface area (Å²) < 4.78 is 31.5. The number of nitrogens with zero attached hydrogens (tertiary/aromatic N) is 6. The van der Waals surface area contributed by atoms with Crippen molar-refractivity contribution in [2.24, 2.45) is 11.8 Å². The fourth-order valence-corrected chi connectivity index (χ4v) is 11.0. The molecule has 12 rings (SSSR count). The third-order valence-electron chi connectivity index (χ3n) is 15.5. The lowest BCUT2D eigenvalue weighted by molar-refractivity contribution is 0.256. The van der Waals surface area contributed by atoms with Crippen LogP contribution in [-0.2, 0) is 0 Å². The summed E-state index contributed by atoms with van der Waals surface area (Å²) in [5, 5.41) is 27.0. The number of para-hydroxylation sites is 4. The Hall–Kier alpha value is -10.0. The lowest BCUT2D eigenvalue weighted by atomic mass is 9.50. The van der Waals surface area contributed by atoms with E-state index in [-0.39, 0.29) is 22.9 Å². The average Bonchev–Trinajstić information content (AvgIpc) is 2.47. The van der Waals surface area contributed by atoms with Crippen molar-refractivity contribution >= 4 is 79.7 Å². The molecule has 4 aromatic heterocycles. The van der Waals surface area contributed by atoms with E-state index in [0.717, 1.165) is 45.8 Å². The zero-order valence-corrected chi connectivity index (χ0v) is 46.2. The minimum absolute atomic E-state index is 0.137. The van der Waals surface area contributed by atoms with Crippen LogP contribution >= 0.6 is 0 Å². The highest BCUT2D eigenvalue weighted by Crippen LogP contribution is 2.39. The van der Waals surface area contributed by atoms with Gasteiger partial charge in [-0.15, -0.1) is 0 Å². The van der Waals surface area contributed by atoms with Crippen LogP contribution in [0.3, 0.4) is 0 Å². The van der Waals surface area contributed by atoms with Crippen molar-refractivity contribution in [2.75, 3.05) is 13.2 Å². The van der Waals surface area contributed by atoms with Crippen molar-refractivity contribution in [1.29, 1.82) is 10.5 Å². The van der Waals surface area contributed by atoms with Crippen LogP contribution in [0.5, 0.6) is 11.5 Å².